The average Bonchev–Trinajstić information content (AvgIpc) is 3.20. The van der Waals surface area contributed by atoms with Crippen LogP contribution in [0.1, 0.15) is 16.7 Å². The van der Waals surface area contributed by atoms with Crippen LogP contribution in [-0.4, -0.2) is 11.7 Å². The van der Waals surface area contributed by atoms with Gasteiger partial charge in [-0.3, -0.25) is 4.99 Å². The highest BCUT2D eigenvalue weighted by atomic mass is 15.2. The first-order valence-electron chi connectivity index (χ1n) is 17.0. The van der Waals surface area contributed by atoms with Crippen molar-refractivity contribution >= 4 is 45.5 Å². The van der Waals surface area contributed by atoms with Gasteiger partial charge in [-0.25, -0.2) is 4.98 Å². The smallest absolute Gasteiger partial charge is 0.0937 e. The fraction of sp³-hybridized carbons (Fsp3) is 0.0213. The summed E-state index contributed by atoms with van der Waals surface area (Å²) < 4.78 is 0. The molecule has 7 aromatic carbocycles. The van der Waals surface area contributed by atoms with Crippen LogP contribution in [0, 0.1) is 0 Å². The van der Waals surface area contributed by atoms with Crippen LogP contribution in [-0.2, 0) is 6.54 Å². The zero-order valence-electron chi connectivity index (χ0n) is 27.5. The Morgan fingerprint density at radius 1 is 0.540 bits per heavy atom. The normalized spacial score (nSPS) is 12.7. The molecule has 0 radical (unpaired) electrons. The number of rotatable bonds is 6. The molecule has 1 aliphatic heterocycles. The molecule has 3 nitrogen and oxygen atoms in total. The molecule has 0 spiro atoms. The van der Waals surface area contributed by atoms with E-state index < -0.39 is 0 Å². The van der Waals surface area contributed by atoms with E-state index >= 15 is 0 Å². The molecule has 0 atom stereocenters. The largest absolute Gasteiger partial charge is 0.334 e. The van der Waals surface area contributed by atoms with E-state index in [1.165, 1.54) is 33.0 Å². The summed E-state index contributed by atoms with van der Waals surface area (Å²) in [6.07, 6.45) is 0. The van der Waals surface area contributed by atoms with Gasteiger partial charge >= 0.3 is 0 Å². The molecule has 0 amide bonds. The summed E-state index contributed by atoms with van der Waals surface area (Å²) in [6.45, 7) is 4.77. The topological polar surface area (TPSA) is 28.5 Å². The van der Waals surface area contributed by atoms with Crippen molar-refractivity contribution in [3.8, 4) is 33.5 Å². The van der Waals surface area contributed by atoms with Crippen LogP contribution in [0.15, 0.2) is 181 Å². The molecule has 0 saturated heterocycles. The highest BCUT2D eigenvalue weighted by molar-refractivity contribution is 6.06. The molecule has 0 saturated carbocycles. The zero-order chi connectivity index (χ0) is 33.4. The molecule has 1 aromatic heterocycles. The van der Waals surface area contributed by atoms with Crippen molar-refractivity contribution in [1.82, 2.24) is 4.98 Å². The standard InChI is InChI=1S/C47H33N3/c1-48-46(35-13-4-2-5-14-35)47(37-15-6-3-7-16-37)50-31-39-17-9-10-18-40(39)42-30-38(27-29-44(42)50)32-20-23-34(24-21-32)43-28-26-36-25-22-33-12-8-11-19-41(33)45(36)49-43/h2-30H,1,31H2/b47-46-. The minimum absolute atomic E-state index is 0.724. The number of benzene rings is 7. The van der Waals surface area contributed by atoms with Crippen LogP contribution in [0.4, 0.5) is 5.69 Å². The fourth-order valence-electron chi connectivity index (χ4n) is 7.31. The van der Waals surface area contributed by atoms with Gasteiger partial charge in [0.1, 0.15) is 0 Å². The zero-order valence-corrected chi connectivity index (χ0v) is 27.5. The first-order chi connectivity index (χ1) is 24.7. The number of anilines is 1. The van der Waals surface area contributed by atoms with Crippen molar-refractivity contribution in [2.45, 2.75) is 6.54 Å². The number of hydrogen-bond donors (Lipinski definition) is 0. The molecule has 2 heterocycles. The molecular weight excluding hydrogens is 607 g/mol. The fourth-order valence-corrected chi connectivity index (χ4v) is 7.31. The Kier molecular flexibility index (Phi) is 7.37. The molecule has 0 bridgehead atoms. The van der Waals surface area contributed by atoms with Crippen LogP contribution < -0.4 is 4.90 Å². The molecule has 0 aliphatic carbocycles. The maximum absolute atomic E-state index is 5.13. The summed E-state index contributed by atoms with van der Waals surface area (Å²) in [5, 5.41) is 3.53. The van der Waals surface area contributed by atoms with Crippen LogP contribution in [0.2, 0.25) is 0 Å². The van der Waals surface area contributed by atoms with E-state index in [4.69, 9.17) is 4.98 Å². The number of aromatic nitrogens is 1. The Hall–Kier alpha value is -6.58. The van der Waals surface area contributed by atoms with E-state index in [1.807, 2.05) is 6.07 Å². The van der Waals surface area contributed by atoms with E-state index in [2.05, 4.69) is 186 Å². The second-order valence-corrected chi connectivity index (χ2v) is 12.7. The van der Waals surface area contributed by atoms with Gasteiger partial charge in [-0.05, 0) is 52.6 Å². The Balaban J connectivity index is 1.14. The SMILES string of the molecule is C=N/C(=C(/c1ccccc1)N1Cc2ccccc2-c2cc(-c3ccc(-c4ccc5ccc6ccccc6c5n4)cc3)ccc21)c1ccccc1. The first-order valence-corrected chi connectivity index (χ1v) is 17.0. The second-order valence-electron chi connectivity index (χ2n) is 12.7. The van der Waals surface area contributed by atoms with Crippen LogP contribution in [0.3, 0.4) is 0 Å². The van der Waals surface area contributed by atoms with Crippen LogP contribution in [0.25, 0.3) is 66.6 Å². The monoisotopic (exact) mass is 639 g/mol. The van der Waals surface area contributed by atoms with Gasteiger partial charge in [0.15, 0.2) is 0 Å². The van der Waals surface area contributed by atoms with Gasteiger partial charge < -0.3 is 4.90 Å². The molecule has 236 valence electrons. The van der Waals surface area contributed by atoms with E-state index in [-0.39, 0.29) is 0 Å². The molecule has 8 aromatic rings. The number of aliphatic imine (C=N–C) groups is 1. The predicted molar refractivity (Wildman–Crippen MR) is 211 cm³/mol. The minimum Gasteiger partial charge on any atom is -0.334 e. The molecule has 3 heteroatoms. The van der Waals surface area contributed by atoms with Crippen molar-refractivity contribution < 1.29 is 0 Å². The summed E-state index contributed by atoms with van der Waals surface area (Å²) >= 11 is 0. The van der Waals surface area contributed by atoms with Gasteiger partial charge in [0.05, 0.1) is 22.6 Å². The van der Waals surface area contributed by atoms with E-state index in [0.717, 1.165) is 62.5 Å². The lowest BCUT2D eigenvalue weighted by Gasteiger charge is -2.36. The molecular formula is C47H33N3. The predicted octanol–water partition coefficient (Wildman–Crippen LogP) is 11.9. The maximum Gasteiger partial charge on any atom is 0.0937 e. The van der Waals surface area contributed by atoms with Gasteiger partial charge in [0.25, 0.3) is 0 Å². The molecule has 9 rings (SSSR count). The van der Waals surface area contributed by atoms with Crippen LogP contribution >= 0.6 is 0 Å². The van der Waals surface area contributed by atoms with Crippen LogP contribution in [0.5, 0.6) is 0 Å². The molecule has 0 unspecified atom stereocenters. The Morgan fingerprint density at radius 2 is 1.18 bits per heavy atom. The third kappa shape index (κ3) is 5.17. The number of hydrogen-bond acceptors (Lipinski definition) is 3. The highest BCUT2D eigenvalue weighted by Crippen LogP contribution is 2.46. The Bertz CT molecular complexity index is 2570. The minimum atomic E-state index is 0.724. The van der Waals surface area contributed by atoms with Gasteiger partial charge in [-0.1, -0.05) is 158 Å². The van der Waals surface area contributed by atoms with Gasteiger partial charge in [-0.15, -0.1) is 0 Å². The average molecular weight is 640 g/mol. The highest BCUT2D eigenvalue weighted by Gasteiger charge is 2.28. The lowest BCUT2D eigenvalue weighted by molar-refractivity contribution is 0.968. The van der Waals surface area contributed by atoms with Crippen molar-refractivity contribution in [3.05, 3.63) is 193 Å². The molecule has 0 fully saturated rings. The number of fused-ring (bicyclic) bond motifs is 6. The first kappa shape index (κ1) is 29.6. The van der Waals surface area contributed by atoms with Crippen molar-refractivity contribution in [1.29, 1.82) is 0 Å². The summed E-state index contributed by atoms with van der Waals surface area (Å²) in [7, 11) is 0. The lowest BCUT2D eigenvalue weighted by atomic mass is 9.89. The van der Waals surface area contributed by atoms with Crippen molar-refractivity contribution in [2.24, 2.45) is 4.99 Å². The summed E-state index contributed by atoms with van der Waals surface area (Å²) in [4.78, 5) is 12.2. The third-order valence-electron chi connectivity index (χ3n) is 9.77. The van der Waals surface area contributed by atoms with Gasteiger partial charge in [-0.2, -0.15) is 0 Å². The van der Waals surface area contributed by atoms with Gasteiger partial charge in [0, 0.05) is 45.3 Å². The number of pyridine rings is 1. The summed E-state index contributed by atoms with van der Waals surface area (Å²) in [5.41, 5.74) is 14.3. The van der Waals surface area contributed by atoms with Gasteiger partial charge in [0.2, 0.25) is 0 Å². The van der Waals surface area contributed by atoms with E-state index in [1.54, 1.807) is 0 Å². The Morgan fingerprint density at radius 3 is 1.98 bits per heavy atom. The van der Waals surface area contributed by atoms with E-state index in [9.17, 15) is 0 Å². The molecule has 0 N–H and O–H groups in total. The lowest BCUT2D eigenvalue weighted by Crippen LogP contribution is -2.26. The molecule has 1 aliphatic rings. The quantitative estimate of drug-likeness (QED) is 0.103. The summed E-state index contributed by atoms with van der Waals surface area (Å²) in [6, 6.07) is 62.3. The maximum atomic E-state index is 5.13. The summed E-state index contributed by atoms with van der Waals surface area (Å²) in [5.74, 6) is 0. The second kappa shape index (κ2) is 12.5. The van der Waals surface area contributed by atoms with Crippen molar-refractivity contribution in [3.63, 3.8) is 0 Å². The Labute approximate surface area is 292 Å². The molecule has 50 heavy (non-hydrogen) atoms. The van der Waals surface area contributed by atoms with E-state index in [0.29, 0.717) is 0 Å². The van der Waals surface area contributed by atoms with Crippen molar-refractivity contribution in [2.75, 3.05) is 4.90 Å². The number of nitrogens with zero attached hydrogens (tertiary/aromatic N) is 3. The third-order valence-corrected chi connectivity index (χ3v) is 9.77.